The summed E-state index contributed by atoms with van der Waals surface area (Å²) in [5, 5.41) is 1.61. The number of hydrogen-bond donors (Lipinski definition) is 1. The quantitative estimate of drug-likeness (QED) is 0.858. The molecule has 0 saturated heterocycles. The van der Waals surface area contributed by atoms with Crippen LogP contribution in [0.3, 0.4) is 0 Å². The van der Waals surface area contributed by atoms with Gasteiger partial charge in [0, 0.05) is 18.0 Å². The highest BCUT2D eigenvalue weighted by molar-refractivity contribution is 7.10. The van der Waals surface area contributed by atoms with Gasteiger partial charge in [0.15, 0.2) is 0 Å². The number of aromatic amines is 1. The summed E-state index contributed by atoms with van der Waals surface area (Å²) in [4.78, 5) is 16.6. The van der Waals surface area contributed by atoms with Crippen molar-refractivity contribution in [3.05, 3.63) is 39.2 Å². The number of alkyl halides is 2. The van der Waals surface area contributed by atoms with E-state index in [1.165, 1.54) is 18.5 Å². The van der Waals surface area contributed by atoms with Gasteiger partial charge in [0.1, 0.15) is 0 Å². The number of halogens is 2. The molecule has 6 heteroatoms. The monoisotopic (exact) mass is 228 g/mol. The summed E-state index contributed by atoms with van der Waals surface area (Å²) in [5.74, 6) is 0. The van der Waals surface area contributed by atoms with Crippen molar-refractivity contribution < 1.29 is 8.78 Å². The van der Waals surface area contributed by atoms with Gasteiger partial charge in [-0.2, -0.15) is 0 Å². The highest BCUT2D eigenvalue weighted by Crippen LogP contribution is 2.30. The normalized spacial score (nSPS) is 10.9. The molecule has 0 spiro atoms. The predicted octanol–water partition coefficient (Wildman–Crippen LogP) is 2.44. The van der Waals surface area contributed by atoms with Crippen LogP contribution in [0, 0.1) is 0 Å². The Hall–Kier alpha value is -1.56. The number of thiophene rings is 1. The first kappa shape index (κ1) is 9.97. The minimum Gasteiger partial charge on any atom is -0.312 e. The third-order valence-corrected chi connectivity index (χ3v) is 2.78. The second-order valence-corrected chi connectivity index (χ2v) is 3.79. The smallest absolute Gasteiger partial charge is 0.312 e. The van der Waals surface area contributed by atoms with Gasteiger partial charge in [0.05, 0.1) is 4.88 Å². The first-order valence-electron chi connectivity index (χ1n) is 4.08. The molecule has 3 nitrogen and oxygen atoms in total. The number of rotatable bonds is 2. The summed E-state index contributed by atoms with van der Waals surface area (Å²) < 4.78 is 24.6. The van der Waals surface area contributed by atoms with E-state index < -0.39 is 12.1 Å². The molecule has 0 aliphatic rings. The van der Waals surface area contributed by atoms with E-state index in [2.05, 4.69) is 9.97 Å². The topological polar surface area (TPSA) is 45.8 Å². The van der Waals surface area contributed by atoms with Crippen molar-refractivity contribution in [2.45, 2.75) is 6.43 Å². The Morgan fingerprint density at radius 3 is 2.73 bits per heavy atom. The fourth-order valence-corrected chi connectivity index (χ4v) is 1.88. The highest BCUT2D eigenvalue weighted by Gasteiger charge is 2.11. The first-order chi connectivity index (χ1) is 7.16. The Bertz CT molecular complexity index is 500. The minimum atomic E-state index is -2.46. The molecule has 0 fully saturated rings. The van der Waals surface area contributed by atoms with Crippen LogP contribution in [0.4, 0.5) is 8.78 Å². The average molecular weight is 228 g/mol. The third kappa shape index (κ3) is 2.10. The summed E-state index contributed by atoms with van der Waals surface area (Å²) >= 11 is 0.987. The molecule has 2 aromatic rings. The molecule has 2 aromatic heterocycles. The van der Waals surface area contributed by atoms with Crippen LogP contribution in [0.5, 0.6) is 0 Å². The second kappa shape index (κ2) is 3.90. The lowest BCUT2D eigenvalue weighted by atomic mass is 10.2. The van der Waals surface area contributed by atoms with Crippen molar-refractivity contribution in [3.8, 4) is 11.1 Å². The van der Waals surface area contributed by atoms with Gasteiger partial charge in [-0.15, -0.1) is 11.3 Å². The molecule has 0 bridgehead atoms. The van der Waals surface area contributed by atoms with Crippen LogP contribution < -0.4 is 5.69 Å². The van der Waals surface area contributed by atoms with Crippen LogP contribution >= 0.6 is 11.3 Å². The van der Waals surface area contributed by atoms with Gasteiger partial charge in [-0.3, -0.25) is 0 Å². The molecule has 0 radical (unpaired) electrons. The van der Waals surface area contributed by atoms with Gasteiger partial charge in [-0.25, -0.2) is 18.6 Å². The van der Waals surface area contributed by atoms with E-state index in [1.807, 2.05) is 0 Å². The number of nitrogens with one attached hydrogen (secondary N) is 1. The summed E-state index contributed by atoms with van der Waals surface area (Å²) in [5.41, 5.74) is 0.805. The molecular weight excluding hydrogens is 222 g/mol. The number of nitrogens with zero attached hydrogens (tertiary/aromatic N) is 1. The van der Waals surface area contributed by atoms with E-state index in [1.54, 1.807) is 5.38 Å². The molecule has 15 heavy (non-hydrogen) atoms. The maximum absolute atomic E-state index is 12.3. The van der Waals surface area contributed by atoms with Crippen molar-refractivity contribution in [2.75, 3.05) is 0 Å². The largest absolute Gasteiger partial charge is 0.344 e. The number of hydrogen-bond acceptors (Lipinski definition) is 3. The maximum Gasteiger partial charge on any atom is 0.344 e. The lowest BCUT2D eigenvalue weighted by Crippen LogP contribution is -2.07. The van der Waals surface area contributed by atoms with E-state index in [-0.39, 0.29) is 4.88 Å². The molecule has 78 valence electrons. The Morgan fingerprint density at radius 2 is 2.20 bits per heavy atom. The summed E-state index contributed by atoms with van der Waals surface area (Å²) in [6, 6.07) is 1.39. The molecule has 1 N–H and O–H groups in total. The third-order valence-electron chi connectivity index (χ3n) is 1.84. The summed E-state index contributed by atoms with van der Waals surface area (Å²) in [7, 11) is 0. The fourth-order valence-electron chi connectivity index (χ4n) is 1.12. The second-order valence-electron chi connectivity index (χ2n) is 2.85. The molecule has 0 saturated carbocycles. The molecule has 0 aromatic carbocycles. The predicted molar refractivity (Wildman–Crippen MR) is 53.1 cm³/mol. The van der Waals surface area contributed by atoms with Crippen molar-refractivity contribution in [1.29, 1.82) is 0 Å². The van der Waals surface area contributed by atoms with Crippen LogP contribution in [0.1, 0.15) is 11.3 Å². The van der Waals surface area contributed by atoms with E-state index in [0.717, 1.165) is 11.3 Å². The first-order valence-corrected chi connectivity index (χ1v) is 4.96. The van der Waals surface area contributed by atoms with Gasteiger partial charge in [0.2, 0.25) is 0 Å². The van der Waals surface area contributed by atoms with Gasteiger partial charge >= 0.3 is 5.69 Å². The lowest BCUT2D eigenvalue weighted by molar-refractivity contribution is 0.155. The fraction of sp³-hybridized carbons (Fsp3) is 0.111. The zero-order valence-electron chi connectivity index (χ0n) is 7.41. The van der Waals surface area contributed by atoms with Gasteiger partial charge in [-0.1, -0.05) is 0 Å². The Morgan fingerprint density at radius 1 is 1.40 bits per heavy atom. The summed E-state index contributed by atoms with van der Waals surface area (Å²) in [6.45, 7) is 0. The number of aromatic nitrogens is 2. The van der Waals surface area contributed by atoms with Crippen LogP contribution in [-0.2, 0) is 0 Å². The van der Waals surface area contributed by atoms with Crippen molar-refractivity contribution in [2.24, 2.45) is 0 Å². The standard InChI is InChI=1S/C9H6F2N2OS/c10-8(11)7-1-5(4-15-7)6-2-12-9(14)13-3-6/h1-4,8H,(H,12,13,14). The van der Waals surface area contributed by atoms with Crippen molar-refractivity contribution >= 4 is 11.3 Å². The van der Waals surface area contributed by atoms with Gasteiger partial charge < -0.3 is 4.98 Å². The Balaban J connectivity index is 2.37. The van der Waals surface area contributed by atoms with Crippen LogP contribution in [0.15, 0.2) is 28.6 Å². The Kier molecular flexibility index (Phi) is 2.59. The van der Waals surface area contributed by atoms with E-state index in [0.29, 0.717) is 11.1 Å². The average Bonchev–Trinajstić information content (AvgIpc) is 2.68. The lowest BCUT2D eigenvalue weighted by Gasteiger charge is -1.94. The molecule has 0 aliphatic heterocycles. The van der Waals surface area contributed by atoms with Crippen molar-refractivity contribution in [3.63, 3.8) is 0 Å². The summed E-state index contributed by atoms with van der Waals surface area (Å²) in [6.07, 6.45) is 0.349. The SMILES string of the molecule is O=c1ncc(-c2csc(C(F)F)c2)c[nH]1. The van der Waals surface area contributed by atoms with E-state index >= 15 is 0 Å². The maximum atomic E-state index is 12.3. The molecule has 2 rings (SSSR count). The van der Waals surface area contributed by atoms with E-state index in [9.17, 15) is 13.6 Å². The van der Waals surface area contributed by atoms with E-state index in [4.69, 9.17) is 0 Å². The number of H-pyrrole nitrogens is 1. The van der Waals surface area contributed by atoms with Crippen LogP contribution in [-0.4, -0.2) is 9.97 Å². The highest BCUT2D eigenvalue weighted by atomic mass is 32.1. The van der Waals surface area contributed by atoms with Gasteiger partial charge in [-0.05, 0) is 17.0 Å². The molecule has 2 heterocycles. The zero-order chi connectivity index (χ0) is 10.8. The molecule has 0 unspecified atom stereocenters. The molecule has 0 aliphatic carbocycles. The van der Waals surface area contributed by atoms with Crippen molar-refractivity contribution in [1.82, 2.24) is 9.97 Å². The molecule has 0 atom stereocenters. The van der Waals surface area contributed by atoms with Crippen LogP contribution in [0.25, 0.3) is 11.1 Å². The molecular formula is C9H6F2N2OS. The van der Waals surface area contributed by atoms with Crippen LogP contribution in [0.2, 0.25) is 0 Å². The van der Waals surface area contributed by atoms with Gasteiger partial charge in [0.25, 0.3) is 6.43 Å². The zero-order valence-corrected chi connectivity index (χ0v) is 8.22. The Labute approximate surface area is 87.4 Å². The minimum absolute atomic E-state index is 0.0104. The molecule has 0 amide bonds.